The molecule has 0 amide bonds. The van der Waals surface area contributed by atoms with Gasteiger partial charge in [0.15, 0.2) is 0 Å². The standard InChI is InChI=1S/C28H51O5P/c1-2-3-4-5-6-7-8-9-10-11-12-13-14-15-16-17-21-24-28(26-33-34(29,30)31)32-25-27-22-19-18-20-23-27/h18-20,22-23,28H,2-17,21,24-26H2,1H3,(H2,29,30,31). The molecule has 2 N–H and O–H groups in total. The Kier molecular flexibility index (Phi) is 19.9. The molecule has 0 saturated heterocycles. The maximum Gasteiger partial charge on any atom is 0.469 e. The van der Waals surface area contributed by atoms with Crippen LogP contribution in [0.25, 0.3) is 0 Å². The van der Waals surface area contributed by atoms with Gasteiger partial charge in [-0.15, -0.1) is 0 Å². The van der Waals surface area contributed by atoms with Gasteiger partial charge >= 0.3 is 7.82 Å². The molecule has 0 aliphatic carbocycles. The average molecular weight is 499 g/mol. The molecule has 1 rings (SSSR count). The lowest BCUT2D eigenvalue weighted by molar-refractivity contribution is -0.00375. The Balaban J connectivity index is 1.98. The van der Waals surface area contributed by atoms with Gasteiger partial charge in [-0.3, -0.25) is 4.52 Å². The predicted molar refractivity (Wildman–Crippen MR) is 142 cm³/mol. The Morgan fingerprint density at radius 1 is 0.706 bits per heavy atom. The van der Waals surface area contributed by atoms with Crippen molar-refractivity contribution in [1.82, 2.24) is 0 Å². The van der Waals surface area contributed by atoms with Crippen LogP contribution in [0.2, 0.25) is 0 Å². The zero-order chi connectivity index (χ0) is 24.7. The van der Waals surface area contributed by atoms with E-state index in [0.717, 1.165) is 24.8 Å². The van der Waals surface area contributed by atoms with Gasteiger partial charge in [-0.2, -0.15) is 0 Å². The molecule has 198 valence electrons. The smallest absolute Gasteiger partial charge is 0.371 e. The highest BCUT2D eigenvalue weighted by Crippen LogP contribution is 2.36. The second-order valence-corrected chi connectivity index (χ2v) is 10.9. The molecule has 1 atom stereocenters. The molecule has 0 bridgehead atoms. The first-order valence-electron chi connectivity index (χ1n) is 13.9. The summed E-state index contributed by atoms with van der Waals surface area (Å²) in [5, 5.41) is 0. The number of ether oxygens (including phenoxy) is 1. The van der Waals surface area contributed by atoms with E-state index in [2.05, 4.69) is 6.92 Å². The van der Waals surface area contributed by atoms with E-state index in [1.165, 1.54) is 96.3 Å². The molecule has 6 heteroatoms. The zero-order valence-electron chi connectivity index (χ0n) is 21.7. The number of rotatable bonds is 24. The van der Waals surface area contributed by atoms with Gasteiger partial charge in [0.25, 0.3) is 0 Å². The van der Waals surface area contributed by atoms with Gasteiger partial charge in [0.05, 0.1) is 19.3 Å². The topological polar surface area (TPSA) is 76.0 Å². The molecular formula is C28H51O5P. The molecule has 0 heterocycles. The number of unbranched alkanes of at least 4 members (excludes halogenated alkanes) is 16. The zero-order valence-corrected chi connectivity index (χ0v) is 22.6. The third-order valence-electron chi connectivity index (χ3n) is 6.39. The molecule has 0 radical (unpaired) electrons. The van der Waals surface area contributed by atoms with Crippen molar-refractivity contribution >= 4 is 7.82 Å². The number of hydrogen-bond donors (Lipinski definition) is 2. The van der Waals surface area contributed by atoms with Crippen molar-refractivity contribution in [3.63, 3.8) is 0 Å². The van der Waals surface area contributed by atoms with Gasteiger partial charge in [-0.05, 0) is 12.0 Å². The second-order valence-electron chi connectivity index (χ2n) is 9.65. The molecule has 0 fully saturated rings. The molecule has 0 aromatic heterocycles. The summed E-state index contributed by atoms with van der Waals surface area (Å²) < 4.78 is 21.6. The van der Waals surface area contributed by atoms with Crippen LogP contribution < -0.4 is 0 Å². The van der Waals surface area contributed by atoms with E-state index < -0.39 is 7.82 Å². The van der Waals surface area contributed by atoms with Gasteiger partial charge in [-0.1, -0.05) is 146 Å². The molecule has 34 heavy (non-hydrogen) atoms. The van der Waals surface area contributed by atoms with Crippen molar-refractivity contribution in [2.45, 2.75) is 135 Å². The molecule has 0 aliphatic heterocycles. The maximum atomic E-state index is 11.1. The van der Waals surface area contributed by atoms with Crippen molar-refractivity contribution in [1.29, 1.82) is 0 Å². The third kappa shape index (κ3) is 20.6. The van der Waals surface area contributed by atoms with Crippen molar-refractivity contribution in [2.24, 2.45) is 0 Å². The van der Waals surface area contributed by atoms with E-state index in [4.69, 9.17) is 19.0 Å². The van der Waals surface area contributed by atoms with E-state index in [1.807, 2.05) is 30.3 Å². The SMILES string of the molecule is CCCCCCCCCCCCCCCCCCCC(COP(=O)(O)O)OCc1ccccc1. The van der Waals surface area contributed by atoms with Gasteiger partial charge in [0, 0.05) is 0 Å². The summed E-state index contributed by atoms with van der Waals surface area (Å²) in [5.74, 6) is 0. The lowest BCUT2D eigenvalue weighted by Crippen LogP contribution is -2.19. The van der Waals surface area contributed by atoms with Crippen LogP contribution in [0.3, 0.4) is 0 Å². The first-order valence-corrected chi connectivity index (χ1v) is 15.4. The summed E-state index contributed by atoms with van der Waals surface area (Å²) in [7, 11) is -4.47. The van der Waals surface area contributed by atoms with E-state index in [1.54, 1.807) is 0 Å². The fourth-order valence-corrected chi connectivity index (χ4v) is 4.64. The van der Waals surface area contributed by atoms with Crippen LogP contribution in [0.4, 0.5) is 0 Å². The largest absolute Gasteiger partial charge is 0.469 e. The number of hydrogen-bond acceptors (Lipinski definition) is 3. The Bertz CT molecular complexity index is 604. The van der Waals surface area contributed by atoms with Crippen molar-refractivity contribution in [3.8, 4) is 0 Å². The molecule has 0 aliphatic rings. The van der Waals surface area contributed by atoms with Crippen LogP contribution in [0.15, 0.2) is 30.3 Å². The van der Waals surface area contributed by atoms with Gasteiger partial charge in [-0.25, -0.2) is 4.57 Å². The Labute approximate surface area is 209 Å². The van der Waals surface area contributed by atoms with Gasteiger partial charge < -0.3 is 14.5 Å². The highest BCUT2D eigenvalue weighted by Gasteiger charge is 2.18. The van der Waals surface area contributed by atoms with Crippen molar-refractivity contribution in [2.75, 3.05) is 6.61 Å². The molecule has 0 spiro atoms. The summed E-state index contributed by atoms with van der Waals surface area (Å²) in [4.78, 5) is 18.0. The van der Waals surface area contributed by atoms with Crippen LogP contribution in [0, 0.1) is 0 Å². The van der Waals surface area contributed by atoms with E-state index in [0.29, 0.717) is 6.61 Å². The Morgan fingerprint density at radius 3 is 1.59 bits per heavy atom. The number of benzene rings is 1. The summed E-state index contributed by atoms with van der Waals surface area (Å²) in [5.41, 5.74) is 1.05. The maximum absolute atomic E-state index is 11.1. The summed E-state index contributed by atoms with van der Waals surface area (Å²) in [6.45, 7) is 2.63. The Morgan fingerprint density at radius 2 is 1.15 bits per heavy atom. The van der Waals surface area contributed by atoms with Gasteiger partial charge in [0.2, 0.25) is 0 Å². The van der Waals surface area contributed by atoms with Gasteiger partial charge in [0.1, 0.15) is 0 Å². The lowest BCUT2D eigenvalue weighted by Gasteiger charge is -2.18. The highest BCUT2D eigenvalue weighted by molar-refractivity contribution is 7.46. The fourth-order valence-electron chi connectivity index (χ4n) is 4.28. The van der Waals surface area contributed by atoms with E-state index in [9.17, 15) is 4.57 Å². The van der Waals surface area contributed by atoms with Crippen LogP contribution >= 0.6 is 7.82 Å². The average Bonchev–Trinajstić information content (AvgIpc) is 2.82. The summed E-state index contributed by atoms with van der Waals surface area (Å²) in [6, 6.07) is 9.83. The van der Waals surface area contributed by atoms with Crippen molar-refractivity contribution in [3.05, 3.63) is 35.9 Å². The molecular weight excluding hydrogens is 447 g/mol. The molecule has 1 aromatic rings. The third-order valence-corrected chi connectivity index (χ3v) is 6.87. The fraction of sp³-hybridized carbons (Fsp3) is 0.786. The minimum absolute atomic E-state index is 0.0734. The first kappa shape index (κ1) is 31.3. The highest BCUT2D eigenvalue weighted by atomic mass is 31.2. The number of phosphoric ester groups is 1. The molecule has 5 nitrogen and oxygen atoms in total. The van der Waals surface area contributed by atoms with E-state index >= 15 is 0 Å². The number of phosphoric acid groups is 1. The minimum atomic E-state index is -4.47. The summed E-state index contributed by atoms with van der Waals surface area (Å²) in [6.07, 6.45) is 23.1. The van der Waals surface area contributed by atoms with Crippen LogP contribution in [-0.2, 0) is 20.4 Å². The summed E-state index contributed by atoms with van der Waals surface area (Å²) >= 11 is 0. The lowest BCUT2D eigenvalue weighted by atomic mass is 10.0. The van der Waals surface area contributed by atoms with Crippen LogP contribution in [-0.4, -0.2) is 22.5 Å². The molecule has 1 unspecified atom stereocenters. The first-order chi connectivity index (χ1) is 16.5. The molecule has 0 saturated carbocycles. The Hall–Kier alpha value is -0.710. The van der Waals surface area contributed by atoms with Crippen molar-refractivity contribution < 1.29 is 23.6 Å². The second kappa shape index (κ2) is 21.6. The predicted octanol–water partition coefficient (Wildman–Crippen LogP) is 8.72. The quantitative estimate of drug-likeness (QED) is 0.110. The molecule has 1 aromatic carbocycles. The van der Waals surface area contributed by atoms with E-state index in [-0.39, 0.29) is 12.7 Å². The normalized spacial score (nSPS) is 12.8. The minimum Gasteiger partial charge on any atom is -0.371 e. The monoisotopic (exact) mass is 498 g/mol. The van der Waals surface area contributed by atoms with Crippen LogP contribution in [0.1, 0.15) is 128 Å². The van der Waals surface area contributed by atoms with Crippen LogP contribution in [0.5, 0.6) is 0 Å².